The Morgan fingerprint density at radius 1 is 1.07 bits per heavy atom. The van der Waals surface area contributed by atoms with E-state index < -0.39 is 5.60 Å². The lowest BCUT2D eigenvalue weighted by molar-refractivity contribution is -0.0270. The van der Waals surface area contributed by atoms with E-state index in [-0.39, 0.29) is 23.7 Å². The van der Waals surface area contributed by atoms with Gasteiger partial charge >= 0.3 is 6.09 Å². The fourth-order valence-electron chi connectivity index (χ4n) is 4.44. The lowest BCUT2D eigenvalue weighted by Crippen LogP contribution is -2.63. The highest BCUT2D eigenvalue weighted by Crippen LogP contribution is 2.32. The highest BCUT2D eigenvalue weighted by molar-refractivity contribution is 5.69. The first-order valence-corrected chi connectivity index (χ1v) is 10.7. The maximum Gasteiger partial charge on any atom is 0.411 e. The Balaban J connectivity index is 2.13. The van der Waals surface area contributed by atoms with Gasteiger partial charge in [-0.05, 0) is 67.3 Å². The van der Waals surface area contributed by atoms with Crippen LogP contribution in [-0.4, -0.2) is 82.8 Å². The van der Waals surface area contributed by atoms with Gasteiger partial charge in [0.25, 0.3) is 0 Å². The van der Waals surface area contributed by atoms with Gasteiger partial charge in [-0.2, -0.15) is 0 Å². The Labute approximate surface area is 166 Å². The number of nitrogens with zero attached hydrogens (tertiary/aromatic N) is 3. The highest BCUT2D eigenvalue weighted by Gasteiger charge is 2.43. The van der Waals surface area contributed by atoms with Gasteiger partial charge in [0.05, 0.1) is 6.04 Å². The normalized spacial score (nSPS) is 28.8. The van der Waals surface area contributed by atoms with Crippen LogP contribution in [0.15, 0.2) is 0 Å². The van der Waals surface area contributed by atoms with Crippen LogP contribution >= 0.6 is 0 Å². The van der Waals surface area contributed by atoms with Gasteiger partial charge in [0.1, 0.15) is 5.60 Å². The molecule has 1 saturated carbocycles. The zero-order chi connectivity index (χ0) is 20.4. The van der Waals surface area contributed by atoms with Crippen LogP contribution in [0.1, 0.15) is 67.7 Å². The average Bonchev–Trinajstić information content (AvgIpc) is 2.54. The van der Waals surface area contributed by atoms with Crippen molar-refractivity contribution in [3.8, 4) is 0 Å². The van der Waals surface area contributed by atoms with Crippen LogP contribution in [0.5, 0.6) is 0 Å². The minimum atomic E-state index is -0.505. The molecule has 0 bridgehead atoms. The van der Waals surface area contributed by atoms with Gasteiger partial charge in [0.2, 0.25) is 0 Å². The summed E-state index contributed by atoms with van der Waals surface area (Å²) in [5, 5.41) is 0. The van der Waals surface area contributed by atoms with Crippen molar-refractivity contribution in [2.24, 2.45) is 5.73 Å². The standard InChI is InChI=1S/C21H42N4O2/c1-8-23-11-13-24(14-12-23)16-9-10-17(22)18(15-16)25(20(2,3)4)19(26)27-21(5,6)7/h16-18H,8-15,22H2,1-7H3. The third kappa shape index (κ3) is 6.06. The third-order valence-electron chi connectivity index (χ3n) is 5.86. The molecule has 0 spiro atoms. The molecule has 158 valence electrons. The summed E-state index contributed by atoms with van der Waals surface area (Å²) in [6, 6.07) is 0.522. The van der Waals surface area contributed by atoms with Crippen LogP contribution in [-0.2, 0) is 4.74 Å². The van der Waals surface area contributed by atoms with E-state index in [1.807, 2.05) is 25.7 Å². The molecule has 0 aromatic carbocycles. The number of hydrogen-bond acceptors (Lipinski definition) is 5. The molecule has 1 heterocycles. The fourth-order valence-corrected chi connectivity index (χ4v) is 4.44. The molecular formula is C21H42N4O2. The third-order valence-corrected chi connectivity index (χ3v) is 5.86. The molecule has 2 fully saturated rings. The summed E-state index contributed by atoms with van der Waals surface area (Å²) in [6.07, 6.45) is 2.77. The zero-order valence-electron chi connectivity index (χ0n) is 18.6. The first-order chi connectivity index (χ1) is 12.4. The van der Waals surface area contributed by atoms with Crippen molar-refractivity contribution >= 4 is 6.09 Å². The Morgan fingerprint density at radius 2 is 1.67 bits per heavy atom. The number of likely N-dealkylation sites (N-methyl/N-ethyl adjacent to an activating group) is 1. The van der Waals surface area contributed by atoms with E-state index in [0.717, 1.165) is 52.0 Å². The second-order valence-corrected chi connectivity index (χ2v) is 10.2. The molecule has 3 unspecified atom stereocenters. The number of carbonyl (C=O) groups excluding carboxylic acids is 1. The van der Waals surface area contributed by atoms with Crippen LogP contribution in [0.4, 0.5) is 4.79 Å². The Morgan fingerprint density at radius 3 is 2.15 bits per heavy atom. The molecule has 27 heavy (non-hydrogen) atoms. The van der Waals surface area contributed by atoms with Gasteiger partial charge in [0.15, 0.2) is 0 Å². The Kier molecular flexibility index (Phi) is 7.20. The van der Waals surface area contributed by atoms with Crippen molar-refractivity contribution < 1.29 is 9.53 Å². The quantitative estimate of drug-likeness (QED) is 0.813. The van der Waals surface area contributed by atoms with E-state index in [4.69, 9.17) is 10.5 Å². The summed E-state index contributed by atoms with van der Waals surface area (Å²) in [7, 11) is 0. The number of hydrogen-bond donors (Lipinski definition) is 1. The molecule has 1 amide bonds. The molecule has 1 saturated heterocycles. The van der Waals surface area contributed by atoms with Crippen LogP contribution in [0.3, 0.4) is 0 Å². The van der Waals surface area contributed by atoms with Gasteiger partial charge in [-0.1, -0.05) is 6.92 Å². The molecular weight excluding hydrogens is 340 g/mol. The minimum Gasteiger partial charge on any atom is -0.444 e. The average molecular weight is 383 g/mol. The maximum atomic E-state index is 13.0. The van der Waals surface area contributed by atoms with E-state index in [2.05, 4.69) is 37.5 Å². The second kappa shape index (κ2) is 8.66. The largest absolute Gasteiger partial charge is 0.444 e. The van der Waals surface area contributed by atoms with Gasteiger partial charge in [0, 0.05) is 43.8 Å². The number of amides is 1. The molecule has 1 aliphatic carbocycles. The van der Waals surface area contributed by atoms with E-state index >= 15 is 0 Å². The number of nitrogens with two attached hydrogens (primary N) is 1. The smallest absolute Gasteiger partial charge is 0.411 e. The lowest BCUT2D eigenvalue weighted by Gasteiger charge is -2.50. The van der Waals surface area contributed by atoms with Crippen molar-refractivity contribution in [1.82, 2.24) is 14.7 Å². The van der Waals surface area contributed by atoms with Crippen molar-refractivity contribution in [3.63, 3.8) is 0 Å². The molecule has 0 radical (unpaired) electrons. The SMILES string of the molecule is CCN1CCN(C2CCC(N)C(N(C(=O)OC(C)(C)C)C(C)(C)C)C2)CC1. The van der Waals surface area contributed by atoms with Crippen molar-refractivity contribution in [3.05, 3.63) is 0 Å². The summed E-state index contributed by atoms with van der Waals surface area (Å²) in [4.78, 5) is 20.1. The molecule has 6 heteroatoms. The molecule has 2 rings (SSSR count). The Hall–Kier alpha value is -0.850. The van der Waals surface area contributed by atoms with Crippen molar-refractivity contribution in [2.45, 2.75) is 97.0 Å². The van der Waals surface area contributed by atoms with Gasteiger partial charge in [-0.15, -0.1) is 0 Å². The van der Waals surface area contributed by atoms with Crippen LogP contribution < -0.4 is 5.73 Å². The zero-order valence-corrected chi connectivity index (χ0v) is 18.6. The Bertz CT molecular complexity index is 489. The number of piperazine rings is 1. The van der Waals surface area contributed by atoms with Crippen LogP contribution in [0.25, 0.3) is 0 Å². The summed E-state index contributed by atoms with van der Waals surface area (Å²) in [5.41, 5.74) is 5.71. The highest BCUT2D eigenvalue weighted by atomic mass is 16.6. The van der Waals surface area contributed by atoms with E-state index in [9.17, 15) is 4.79 Å². The molecule has 1 aliphatic heterocycles. The lowest BCUT2D eigenvalue weighted by atomic mass is 9.83. The van der Waals surface area contributed by atoms with Gasteiger partial charge < -0.3 is 15.4 Å². The van der Waals surface area contributed by atoms with E-state index in [0.29, 0.717) is 6.04 Å². The molecule has 6 nitrogen and oxygen atoms in total. The predicted molar refractivity (Wildman–Crippen MR) is 111 cm³/mol. The first-order valence-electron chi connectivity index (χ1n) is 10.7. The van der Waals surface area contributed by atoms with Gasteiger partial charge in [-0.25, -0.2) is 4.79 Å². The number of rotatable bonds is 3. The van der Waals surface area contributed by atoms with E-state index in [1.54, 1.807) is 0 Å². The van der Waals surface area contributed by atoms with Crippen LogP contribution in [0, 0.1) is 0 Å². The summed E-state index contributed by atoms with van der Waals surface area (Å²) < 4.78 is 5.75. The molecule has 2 aliphatic rings. The minimum absolute atomic E-state index is 0.00456. The molecule has 2 N–H and O–H groups in total. The van der Waals surface area contributed by atoms with Crippen LogP contribution in [0.2, 0.25) is 0 Å². The predicted octanol–water partition coefficient (Wildman–Crippen LogP) is 2.91. The summed E-state index contributed by atoms with van der Waals surface area (Å²) in [6.45, 7) is 19.8. The maximum absolute atomic E-state index is 13.0. The fraction of sp³-hybridized carbons (Fsp3) is 0.952. The summed E-state index contributed by atoms with van der Waals surface area (Å²) >= 11 is 0. The second-order valence-electron chi connectivity index (χ2n) is 10.2. The topological polar surface area (TPSA) is 62.0 Å². The summed E-state index contributed by atoms with van der Waals surface area (Å²) in [5.74, 6) is 0. The molecule has 3 atom stereocenters. The molecule has 0 aromatic rings. The number of carbonyl (C=O) groups is 1. The van der Waals surface area contributed by atoms with Gasteiger partial charge in [-0.3, -0.25) is 9.80 Å². The van der Waals surface area contributed by atoms with Crippen molar-refractivity contribution in [1.29, 1.82) is 0 Å². The first kappa shape index (κ1) is 22.4. The van der Waals surface area contributed by atoms with Crippen molar-refractivity contribution in [2.75, 3.05) is 32.7 Å². The molecule has 0 aromatic heterocycles. The monoisotopic (exact) mass is 382 g/mol. The number of ether oxygens (including phenoxy) is 1. The van der Waals surface area contributed by atoms with E-state index in [1.165, 1.54) is 0 Å².